The fourth-order valence-corrected chi connectivity index (χ4v) is 15.8. The number of rotatable bonds is 8. The fraction of sp³-hybridized carbons (Fsp3) is 0.704. The summed E-state index contributed by atoms with van der Waals surface area (Å²) in [4.78, 5) is 0. The van der Waals surface area contributed by atoms with E-state index in [1.807, 2.05) is 0 Å². The molecule has 32 heavy (non-hydrogen) atoms. The lowest BCUT2D eigenvalue weighted by Crippen LogP contribution is -2.35. The van der Waals surface area contributed by atoms with Gasteiger partial charge < -0.3 is 0 Å². The van der Waals surface area contributed by atoms with E-state index in [9.17, 15) is 0 Å². The summed E-state index contributed by atoms with van der Waals surface area (Å²) < 4.78 is 0. The lowest BCUT2D eigenvalue weighted by atomic mass is 9.86. The second-order valence-electron chi connectivity index (χ2n) is 11.7. The van der Waals surface area contributed by atoms with Gasteiger partial charge in [0.2, 0.25) is 8.07 Å². The van der Waals surface area contributed by atoms with Gasteiger partial charge >= 0.3 is 0 Å². The van der Waals surface area contributed by atoms with Crippen LogP contribution in [0.25, 0.3) is 0 Å². The Hall–Kier alpha value is -0.316. The topological polar surface area (TPSA) is 0 Å². The van der Waals surface area contributed by atoms with Gasteiger partial charge in [0.15, 0.2) is 16.9 Å². The van der Waals surface area contributed by atoms with E-state index in [4.69, 9.17) is 0 Å². The first-order chi connectivity index (χ1) is 14.8. The number of hydrogen-bond acceptors (Lipinski definition) is 0. The van der Waals surface area contributed by atoms with Gasteiger partial charge in [-0.25, -0.2) is 0 Å². The quantitative estimate of drug-likeness (QED) is 0.228. The highest BCUT2D eigenvalue weighted by atomic mass is 28.3. The van der Waals surface area contributed by atoms with Crippen molar-refractivity contribution in [2.75, 3.05) is 0 Å². The fourth-order valence-electron chi connectivity index (χ4n) is 4.28. The smallest absolute Gasteiger partial charge is 0.134 e. The van der Waals surface area contributed by atoms with E-state index in [0.717, 1.165) is 15.4 Å². The number of hydrogen-bond donors (Lipinski definition) is 0. The summed E-state index contributed by atoms with van der Waals surface area (Å²) in [7, 11) is -4.66. The van der Waals surface area contributed by atoms with E-state index in [1.54, 1.807) is 10.4 Å². The molecule has 1 aliphatic carbocycles. The molecule has 1 unspecified atom stereocenters. The largest absolute Gasteiger partial charge is 0.212 e. The van der Waals surface area contributed by atoms with Crippen molar-refractivity contribution in [1.82, 2.24) is 0 Å². The first-order valence-electron chi connectivity index (χ1n) is 12.7. The van der Waals surface area contributed by atoms with Crippen molar-refractivity contribution >= 4 is 42.5 Å². The van der Waals surface area contributed by atoms with E-state index in [0.29, 0.717) is 0 Å². The van der Waals surface area contributed by atoms with Crippen molar-refractivity contribution in [3.63, 3.8) is 0 Å². The molecule has 0 aromatic carbocycles. The van der Waals surface area contributed by atoms with Gasteiger partial charge in [0.25, 0.3) is 0 Å². The summed E-state index contributed by atoms with van der Waals surface area (Å²) in [6.07, 6.45) is 10.0. The number of allylic oxidation sites excluding steroid dienone is 2. The second kappa shape index (κ2) is 13.5. The maximum atomic E-state index is 3.93. The zero-order valence-electron chi connectivity index (χ0n) is 22.9. The predicted molar refractivity (Wildman–Crippen MR) is 159 cm³/mol. The molecule has 1 atom stereocenters. The summed E-state index contributed by atoms with van der Waals surface area (Å²) in [6.45, 7) is 24.1. The molecule has 0 bridgehead atoms. The second-order valence-corrected chi connectivity index (χ2v) is 27.7. The van der Waals surface area contributed by atoms with Crippen LogP contribution in [-0.2, 0) is 0 Å². The minimum atomic E-state index is -1.88. The third-order valence-electron chi connectivity index (χ3n) is 7.33. The van der Waals surface area contributed by atoms with Crippen LogP contribution in [-0.4, -0.2) is 42.5 Å². The van der Waals surface area contributed by atoms with Gasteiger partial charge in [0.1, 0.15) is 0 Å². The summed E-state index contributed by atoms with van der Waals surface area (Å²) in [5.41, 5.74) is 20.1. The molecule has 0 amide bonds. The Bertz CT molecular complexity index is 773. The Labute approximate surface area is 209 Å². The molecule has 1 aliphatic rings. The van der Waals surface area contributed by atoms with Crippen molar-refractivity contribution in [1.29, 1.82) is 0 Å². The van der Waals surface area contributed by atoms with Crippen molar-refractivity contribution < 1.29 is 0 Å². The Kier molecular flexibility index (Phi) is 12.6. The highest BCUT2D eigenvalue weighted by Gasteiger charge is 2.29. The zero-order valence-corrected chi connectivity index (χ0v) is 27.9. The van der Waals surface area contributed by atoms with Gasteiger partial charge in [0, 0.05) is 0 Å². The van der Waals surface area contributed by atoms with Gasteiger partial charge in [-0.2, -0.15) is 0 Å². The molecule has 1 saturated carbocycles. The Balaban J connectivity index is 3.12. The van der Waals surface area contributed by atoms with E-state index < -0.39 is 33.0 Å². The van der Waals surface area contributed by atoms with Gasteiger partial charge in [-0.05, 0) is 32.4 Å². The van der Waals surface area contributed by atoms with Crippen LogP contribution in [0.3, 0.4) is 0 Å². The lowest BCUT2D eigenvalue weighted by Gasteiger charge is -2.27. The highest BCUT2D eigenvalue weighted by Crippen LogP contribution is 2.29. The maximum absolute atomic E-state index is 3.93. The Morgan fingerprint density at radius 1 is 0.938 bits per heavy atom. The molecule has 3 radical (unpaired) electrons. The summed E-state index contributed by atoms with van der Waals surface area (Å²) in [6, 6.07) is 1.26. The third kappa shape index (κ3) is 10.7. The summed E-state index contributed by atoms with van der Waals surface area (Å²) >= 11 is 0. The molecule has 1 rings (SSSR count). The molecule has 5 heteroatoms. The molecule has 177 valence electrons. The zero-order chi connectivity index (χ0) is 24.4. The molecular weight excluding hydrogens is 465 g/mol. The molecule has 0 heterocycles. The third-order valence-corrected chi connectivity index (χ3v) is 18.4. The van der Waals surface area contributed by atoms with Crippen molar-refractivity contribution in [3.8, 4) is 22.2 Å². The summed E-state index contributed by atoms with van der Waals surface area (Å²) in [5.74, 6) is 0.970. The average molecular weight is 514 g/mol. The normalized spacial score (nSPS) is 18.5. The first-order valence-corrected chi connectivity index (χ1v) is 25.6. The van der Waals surface area contributed by atoms with E-state index in [1.165, 1.54) is 51.0 Å². The Morgan fingerprint density at radius 3 is 2.12 bits per heavy atom. The van der Waals surface area contributed by atoms with Gasteiger partial charge in [0.05, 0.1) is 17.6 Å². The molecule has 0 aromatic rings. The van der Waals surface area contributed by atoms with E-state index >= 15 is 0 Å². The van der Waals surface area contributed by atoms with Crippen LogP contribution in [0.2, 0.25) is 58.4 Å². The molecule has 0 aromatic heterocycles. The van der Waals surface area contributed by atoms with Crippen LogP contribution >= 0.6 is 0 Å². The van der Waals surface area contributed by atoms with Gasteiger partial charge in [-0.3, -0.25) is 0 Å². The SMILES string of the molecule is C[Si]C=C[Si](C)C#C[Si](C)(C#C[Si](C)(C)C(C)=C(C)[Si](C)(C)C)CCCC1CCCCC1. The first kappa shape index (κ1) is 29.7. The lowest BCUT2D eigenvalue weighted by molar-refractivity contribution is 0.336. The molecule has 1 fully saturated rings. The predicted octanol–water partition coefficient (Wildman–Crippen LogP) is 7.98. The van der Waals surface area contributed by atoms with Crippen LogP contribution in [0.1, 0.15) is 58.8 Å². The van der Waals surface area contributed by atoms with Crippen LogP contribution < -0.4 is 0 Å². The molecule has 0 saturated heterocycles. The molecular formula is C27H49Si5. The maximum Gasteiger partial charge on any atom is 0.212 e. The van der Waals surface area contributed by atoms with Crippen molar-refractivity contribution in [2.45, 2.75) is 117 Å². The van der Waals surface area contributed by atoms with Gasteiger partial charge in [-0.15, -0.1) is 27.9 Å². The van der Waals surface area contributed by atoms with Crippen molar-refractivity contribution in [2.24, 2.45) is 5.92 Å². The minimum Gasteiger partial charge on any atom is -0.134 e. The minimum absolute atomic E-state index is 0.691. The average Bonchev–Trinajstić information content (AvgIpc) is 2.74. The van der Waals surface area contributed by atoms with E-state index in [-0.39, 0.29) is 0 Å². The highest BCUT2D eigenvalue weighted by molar-refractivity contribution is 6.98. The molecule has 0 N–H and O–H groups in total. The molecule has 0 spiro atoms. The molecule has 0 nitrogen and oxygen atoms in total. The van der Waals surface area contributed by atoms with Crippen LogP contribution in [0.15, 0.2) is 21.8 Å². The molecule has 0 aliphatic heterocycles. The van der Waals surface area contributed by atoms with Crippen molar-refractivity contribution in [3.05, 3.63) is 21.8 Å². The Morgan fingerprint density at radius 2 is 1.56 bits per heavy atom. The monoisotopic (exact) mass is 513 g/mol. The van der Waals surface area contributed by atoms with Crippen LogP contribution in [0.4, 0.5) is 0 Å². The van der Waals surface area contributed by atoms with Gasteiger partial charge in [-0.1, -0.05) is 107 Å². The standard InChI is InChI=1S/C27H49Si5/c1-25(30(5,6)7)26(2)31(8,9)23-24-32(10,22-20-29(4)19-18-28-3)21-14-17-27-15-12-11-13-16-27/h18-19,27H,11-17,21H2,1-10H3. The van der Waals surface area contributed by atoms with Crippen LogP contribution in [0, 0.1) is 28.1 Å². The summed E-state index contributed by atoms with van der Waals surface area (Å²) in [5, 5.41) is 3.29. The van der Waals surface area contributed by atoms with E-state index in [2.05, 4.69) is 99.8 Å². The van der Waals surface area contributed by atoms with Crippen LogP contribution in [0.5, 0.6) is 0 Å².